The van der Waals surface area contributed by atoms with Gasteiger partial charge in [-0.25, -0.2) is 28.7 Å². The lowest BCUT2D eigenvalue weighted by molar-refractivity contribution is 0.0999. The number of anilines is 1. The molecular formula is C15H17F2N5. The maximum Gasteiger partial charge on any atom is 0.253 e. The van der Waals surface area contributed by atoms with E-state index >= 15 is 0 Å². The van der Waals surface area contributed by atoms with Crippen LogP contribution in [0.5, 0.6) is 0 Å². The average molecular weight is 305 g/mol. The van der Waals surface area contributed by atoms with Crippen LogP contribution in [0.25, 0.3) is 0 Å². The monoisotopic (exact) mass is 305 g/mol. The van der Waals surface area contributed by atoms with Crippen LogP contribution in [0.1, 0.15) is 24.6 Å². The Balaban J connectivity index is 1.81. The first-order valence-electron chi connectivity index (χ1n) is 7.26. The van der Waals surface area contributed by atoms with Gasteiger partial charge in [-0.2, -0.15) is 0 Å². The average Bonchev–Trinajstić information content (AvgIpc) is 3.14. The molecule has 0 saturated heterocycles. The largest absolute Gasteiger partial charge is 0.352 e. The third-order valence-electron chi connectivity index (χ3n) is 3.78. The summed E-state index contributed by atoms with van der Waals surface area (Å²) in [6, 6.07) is 1.85. The molecule has 7 heteroatoms. The molecule has 2 heterocycles. The molecule has 0 N–H and O–H groups in total. The first-order valence-corrected chi connectivity index (χ1v) is 7.26. The Morgan fingerprint density at radius 3 is 2.59 bits per heavy atom. The zero-order valence-corrected chi connectivity index (χ0v) is 12.3. The molecule has 1 aliphatic rings. The van der Waals surface area contributed by atoms with Gasteiger partial charge in [-0.05, 0) is 6.42 Å². The second-order valence-electron chi connectivity index (χ2n) is 5.51. The molecule has 3 rings (SSSR count). The Morgan fingerprint density at radius 1 is 1.23 bits per heavy atom. The van der Waals surface area contributed by atoms with Crippen LogP contribution in [-0.2, 0) is 13.0 Å². The minimum Gasteiger partial charge on any atom is -0.352 e. The van der Waals surface area contributed by atoms with E-state index in [0.717, 1.165) is 17.7 Å². The van der Waals surface area contributed by atoms with Crippen molar-refractivity contribution in [1.29, 1.82) is 0 Å². The highest BCUT2D eigenvalue weighted by molar-refractivity contribution is 5.40. The number of alkyl halides is 2. The standard InChI is InChI=1S/C15H17F2N5/c1-2-13-3-14(21-10-20-13)22(8-12-4-15(12,16)17)7-11-5-18-9-19-6-11/h3,5-6,9-10,12H,2,4,7-8H2,1H3. The van der Waals surface area contributed by atoms with Gasteiger partial charge in [0.2, 0.25) is 0 Å². The molecule has 0 bridgehead atoms. The van der Waals surface area contributed by atoms with E-state index in [1.807, 2.05) is 17.9 Å². The summed E-state index contributed by atoms with van der Waals surface area (Å²) in [6.45, 7) is 2.71. The van der Waals surface area contributed by atoms with E-state index < -0.39 is 11.8 Å². The molecule has 0 aromatic carbocycles. The van der Waals surface area contributed by atoms with Gasteiger partial charge < -0.3 is 4.90 Å². The van der Waals surface area contributed by atoms with Gasteiger partial charge >= 0.3 is 0 Å². The Bertz CT molecular complexity index is 635. The number of hydrogen-bond donors (Lipinski definition) is 0. The summed E-state index contributed by atoms with van der Waals surface area (Å²) >= 11 is 0. The van der Waals surface area contributed by atoms with Crippen molar-refractivity contribution < 1.29 is 8.78 Å². The summed E-state index contributed by atoms with van der Waals surface area (Å²) in [4.78, 5) is 18.2. The first-order chi connectivity index (χ1) is 10.6. The van der Waals surface area contributed by atoms with Crippen LogP contribution >= 0.6 is 0 Å². The fourth-order valence-electron chi connectivity index (χ4n) is 2.36. The number of nitrogens with zero attached hydrogens (tertiary/aromatic N) is 5. The highest BCUT2D eigenvalue weighted by Crippen LogP contribution is 2.49. The van der Waals surface area contributed by atoms with Crippen molar-refractivity contribution in [2.75, 3.05) is 11.4 Å². The smallest absolute Gasteiger partial charge is 0.253 e. The Labute approximate surface area is 127 Å². The number of hydrogen-bond acceptors (Lipinski definition) is 5. The van der Waals surface area contributed by atoms with Crippen molar-refractivity contribution in [3.63, 3.8) is 0 Å². The van der Waals surface area contributed by atoms with E-state index in [9.17, 15) is 8.78 Å². The molecule has 2 aromatic heterocycles. The summed E-state index contributed by atoms with van der Waals surface area (Å²) in [7, 11) is 0. The molecule has 0 spiro atoms. The van der Waals surface area contributed by atoms with Gasteiger partial charge in [0.25, 0.3) is 5.92 Å². The lowest BCUT2D eigenvalue weighted by Crippen LogP contribution is -2.28. The fraction of sp³-hybridized carbons (Fsp3) is 0.467. The number of rotatable bonds is 6. The third-order valence-corrected chi connectivity index (χ3v) is 3.78. The minimum absolute atomic E-state index is 0.0551. The predicted octanol–water partition coefficient (Wildman–Crippen LogP) is 2.49. The van der Waals surface area contributed by atoms with Crippen molar-refractivity contribution >= 4 is 5.82 Å². The van der Waals surface area contributed by atoms with E-state index in [1.54, 1.807) is 12.4 Å². The second kappa shape index (κ2) is 5.90. The zero-order valence-electron chi connectivity index (χ0n) is 12.3. The highest BCUT2D eigenvalue weighted by Gasteiger charge is 2.57. The summed E-state index contributed by atoms with van der Waals surface area (Å²) < 4.78 is 26.5. The SMILES string of the molecule is CCc1cc(N(Cc2cncnc2)CC2CC2(F)F)ncn1. The van der Waals surface area contributed by atoms with Gasteiger partial charge in [0, 0.05) is 55.1 Å². The zero-order chi connectivity index (χ0) is 15.6. The molecular weight excluding hydrogens is 288 g/mol. The minimum atomic E-state index is -2.55. The van der Waals surface area contributed by atoms with Crippen molar-refractivity contribution in [2.24, 2.45) is 5.92 Å². The van der Waals surface area contributed by atoms with Crippen LogP contribution in [0.3, 0.4) is 0 Å². The molecule has 1 saturated carbocycles. The maximum absolute atomic E-state index is 13.3. The molecule has 22 heavy (non-hydrogen) atoms. The van der Waals surface area contributed by atoms with Crippen molar-refractivity contribution in [2.45, 2.75) is 32.2 Å². The summed E-state index contributed by atoms with van der Waals surface area (Å²) in [5.41, 5.74) is 1.75. The maximum atomic E-state index is 13.3. The number of aryl methyl sites for hydroxylation is 1. The van der Waals surface area contributed by atoms with Crippen molar-refractivity contribution in [3.05, 3.63) is 42.4 Å². The van der Waals surface area contributed by atoms with E-state index in [-0.39, 0.29) is 13.0 Å². The fourth-order valence-corrected chi connectivity index (χ4v) is 2.36. The van der Waals surface area contributed by atoms with Gasteiger partial charge in [-0.15, -0.1) is 0 Å². The molecule has 116 valence electrons. The molecule has 1 aliphatic carbocycles. The summed E-state index contributed by atoms with van der Waals surface area (Å²) in [5, 5.41) is 0. The normalized spacial score (nSPS) is 19.0. The van der Waals surface area contributed by atoms with Crippen LogP contribution in [0.2, 0.25) is 0 Å². The third kappa shape index (κ3) is 3.35. The molecule has 0 amide bonds. The molecule has 0 radical (unpaired) electrons. The van der Waals surface area contributed by atoms with E-state index in [1.165, 1.54) is 12.7 Å². The molecule has 5 nitrogen and oxygen atoms in total. The topological polar surface area (TPSA) is 54.8 Å². The van der Waals surface area contributed by atoms with Gasteiger partial charge in [0.05, 0.1) is 0 Å². The van der Waals surface area contributed by atoms with Crippen LogP contribution in [-0.4, -0.2) is 32.4 Å². The molecule has 1 atom stereocenters. The quantitative estimate of drug-likeness (QED) is 0.820. The predicted molar refractivity (Wildman–Crippen MR) is 77.5 cm³/mol. The van der Waals surface area contributed by atoms with Crippen LogP contribution < -0.4 is 4.90 Å². The lowest BCUT2D eigenvalue weighted by atomic mass is 10.2. The Hall–Kier alpha value is -2.18. The molecule has 1 unspecified atom stereocenters. The van der Waals surface area contributed by atoms with Crippen molar-refractivity contribution in [1.82, 2.24) is 19.9 Å². The van der Waals surface area contributed by atoms with Gasteiger partial charge in [-0.3, -0.25) is 0 Å². The van der Waals surface area contributed by atoms with Crippen molar-refractivity contribution in [3.8, 4) is 0 Å². The van der Waals surface area contributed by atoms with Crippen LogP contribution in [0, 0.1) is 5.92 Å². The Morgan fingerprint density at radius 2 is 1.95 bits per heavy atom. The van der Waals surface area contributed by atoms with Crippen LogP contribution in [0.4, 0.5) is 14.6 Å². The molecule has 2 aromatic rings. The summed E-state index contributed by atoms with van der Waals surface area (Å²) in [5.74, 6) is -2.50. The van der Waals surface area contributed by atoms with Gasteiger partial charge in [0.1, 0.15) is 18.5 Å². The van der Waals surface area contributed by atoms with Crippen LogP contribution in [0.15, 0.2) is 31.1 Å². The number of halogens is 2. The number of aromatic nitrogens is 4. The molecule has 0 aliphatic heterocycles. The highest BCUT2D eigenvalue weighted by atomic mass is 19.3. The molecule has 1 fully saturated rings. The van der Waals surface area contributed by atoms with E-state index in [4.69, 9.17) is 0 Å². The second-order valence-corrected chi connectivity index (χ2v) is 5.51. The van der Waals surface area contributed by atoms with E-state index in [2.05, 4.69) is 19.9 Å². The lowest BCUT2D eigenvalue weighted by Gasteiger charge is -2.23. The van der Waals surface area contributed by atoms with Gasteiger partial charge in [0.15, 0.2) is 0 Å². The Kier molecular flexibility index (Phi) is 3.96. The first kappa shape index (κ1) is 14.7. The summed E-state index contributed by atoms with van der Waals surface area (Å²) in [6.07, 6.45) is 7.02. The van der Waals surface area contributed by atoms with Gasteiger partial charge in [-0.1, -0.05) is 6.92 Å². The van der Waals surface area contributed by atoms with E-state index in [0.29, 0.717) is 12.4 Å².